The number of anilines is 1. The van der Waals surface area contributed by atoms with E-state index in [1.54, 1.807) is 6.33 Å². The maximum Gasteiger partial charge on any atom is 0.253 e. The van der Waals surface area contributed by atoms with E-state index in [0.717, 1.165) is 50.4 Å². The van der Waals surface area contributed by atoms with Gasteiger partial charge in [0.2, 0.25) is 0 Å². The molecule has 1 saturated heterocycles. The minimum atomic E-state index is -0.000149. The van der Waals surface area contributed by atoms with Crippen LogP contribution < -0.4 is 10.6 Å². The highest BCUT2D eigenvalue weighted by molar-refractivity contribution is 5.99. The van der Waals surface area contributed by atoms with Crippen molar-refractivity contribution < 1.29 is 4.79 Å². The highest BCUT2D eigenvalue weighted by Crippen LogP contribution is 2.19. The number of amides is 1. The van der Waals surface area contributed by atoms with Crippen molar-refractivity contribution >= 4 is 11.6 Å². The molecule has 2 aromatic rings. The highest BCUT2D eigenvalue weighted by Gasteiger charge is 2.20. The molecule has 0 aliphatic carbocycles. The lowest BCUT2D eigenvalue weighted by Crippen LogP contribution is -2.38. The van der Waals surface area contributed by atoms with Gasteiger partial charge in [0.25, 0.3) is 5.91 Å². The van der Waals surface area contributed by atoms with Crippen molar-refractivity contribution in [1.82, 2.24) is 20.2 Å². The number of piperidine rings is 1. The minimum absolute atomic E-state index is 0.000149. The SMILES string of the molecule is CNc1ccccc1C(=O)NCC1CCN(Cc2cnc[nH]2)CC1. The third kappa shape index (κ3) is 4.14. The number of hydrogen-bond donors (Lipinski definition) is 3. The van der Waals surface area contributed by atoms with Crippen molar-refractivity contribution in [2.75, 3.05) is 32.0 Å². The number of imidazole rings is 1. The van der Waals surface area contributed by atoms with Crippen LogP contribution in [0.1, 0.15) is 28.9 Å². The number of nitrogens with one attached hydrogen (secondary N) is 3. The molecule has 0 atom stereocenters. The van der Waals surface area contributed by atoms with Gasteiger partial charge in [0, 0.05) is 37.7 Å². The van der Waals surface area contributed by atoms with Crippen molar-refractivity contribution in [3.05, 3.63) is 48.0 Å². The van der Waals surface area contributed by atoms with Crippen molar-refractivity contribution in [3.8, 4) is 0 Å². The molecule has 6 nitrogen and oxygen atoms in total. The molecule has 1 aromatic heterocycles. The van der Waals surface area contributed by atoms with Crippen LogP contribution in [0.5, 0.6) is 0 Å². The molecule has 3 N–H and O–H groups in total. The lowest BCUT2D eigenvalue weighted by Gasteiger charge is -2.31. The fourth-order valence-corrected chi connectivity index (χ4v) is 3.19. The van der Waals surface area contributed by atoms with Crippen LogP contribution >= 0.6 is 0 Å². The number of aromatic amines is 1. The normalized spacial score (nSPS) is 16.0. The highest BCUT2D eigenvalue weighted by atomic mass is 16.1. The number of benzene rings is 1. The van der Waals surface area contributed by atoms with Crippen LogP contribution in [0.3, 0.4) is 0 Å². The second kappa shape index (κ2) is 7.97. The second-order valence-electron chi connectivity index (χ2n) is 6.30. The summed E-state index contributed by atoms with van der Waals surface area (Å²) in [6.45, 7) is 3.79. The number of H-pyrrole nitrogens is 1. The number of carbonyl (C=O) groups is 1. The number of aromatic nitrogens is 2. The Hall–Kier alpha value is -2.34. The molecule has 0 bridgehead atoms. The molecule has 1 aliphatic rings. The summed E-state index contributed by atoms with van der Waals surface area (Å²) in [5.41, 5.74) is 2.73. The number of likely N-dealkylation sites (tertiary alicyclic amines) is 1. The van der Waals surface area contributed by atoms with Gasteiger partial charge in [-0.05, 0) is 44.0 Å². The summed E-state index contributed by atoms with van der Waals surface area (Å²) in [5.74, 6) is 0.550. The summed E-state index contributed by atoms with van der Waals surface area (Å²) in [7, 11) is 1.83. The summed E-state index contributed by atoms with van der Waals surface area (Å²) >= 11 is 0. The van der Waals surface area contributed by atoms with Crippen LogP contribution in [-0.4, -0.2) is 47.5 Å². The molecule has 1 fully saturated rings. The predicted octanol–water partition coefficient (Wildman–Crippen LogP) is 2.09. The zero-order valence-corrected chi connectivity index (χ0v) is 14.1. The molecular weight excluding hydrogens is 302 g/mol. The average molecular weight is 327 g/mol. The molecule has 2 heterocycles. The van der Waals surface area contributed by atoms with Crippen LogP contribution in [-0.2, 0) is 6.54 Å². The number of rotatable bonds is 6. The third-order valence-electron chi connectivity index (χ3n) is 4.65. The Morgan fingerprint density at radius 2 is 2.12 bits per heavy atom. The molecule has 6 heteroatoms. The van der Waals surface area contributed by atoms with Gasteiger partial charge in [0.05, 0.1) is 11.9 Å². The van der Waals surface area contributed by atoms with Crippen LogP contribution in [0, 0.1) is 5.92 Å². The van der Waals surface area contributed by atoms with Gasteiger partial charge in [-0.25, -0.2) is 4.98 Å². The van der Waals surface area contributed by atoms with Crippen LogP contribution in [0.4, 0.5) is 5.69 Å². The molecule has 24 heavy (non-hydrogen) atoms. The van der Waals surface area contributed by atoms with Gasteiger partial charge in [-0.15, -0.1) is 0 Å². The monoisotopic (exact) mass is 327 g/mol. The zero-order chi connectivity index (χ0) is 16.8. The topological polar surface area (TPSA) is 73.1 Å². The van der Waals surface area contributed by atoms with E-state index in [0.29, 0.717) is 11.5 Å². The Bertz CT molecular complexity index is 647. The Labute approximate surface area is 142 Å². The fourth-order valence-electron chi connectivity index (χ4n) is 3.19. The number of nitrogens with zero attached hydrogens (tertiary/aromatic N) is 2. The molecule has 1 aliphatic heterocycles. The molecule has 1 aromatic carbocycles. The lowest BCUT2D eigenvalue weighted by molar-refractivity contribution is 0.0936. The molecule has 1 amide bonds. The molecule has 128 valence electrons. The molecule has 0 saturated carbocycles. The van der Waals surface area contributed by atoms with E-state index in [1.165, 1.54) is 0 Å². The van der Waals surface area contributed by atoms with Gasteiger partial charge in [0.15, 0.2) is 0 Å². The van der Waals surface area contributed by atoms with Crippen molar-refractivity contribution in [3.63, 3.8) is 0 Å². The van der Waals surface area contributed by atoms with Crippen LogP contribution in [0.15, 0.2) is 36.8 Å². The van der Waals surface area contributed by atoms with E-state index in [1.807, 2.05) is 37.5 Å². The third-order valence-corrected chi connectivity index (χ3v) is 4.65. The maximum absolute atomic E-state index is 12.4. The molecular formula is C18H25N5O. The van der Waals surface area contributed by atoms with E-state index in [4.69, 9.17) is 0 Å². The Morgan fingerprint density at radius 1 is 1.33 bits per heavy atom. The maximum atomic E-state index is 12.4. The summed E-state index contributed by atoms with van der Waals surface area (Å²) in [6, 6.07) is 7.60. The van der Waals surface area contributed by atoms with Crippen molar-refractivity contribution in [2.24, 2.45) is 5.92 Å². The first-order valence-electron chi connectivity index (χ1n) is 8.51. The molecule has 3 rings (SSSR count). The fraction of sp³-hybridized carbons (Fsp3) is 0.444. The van der Waals surface area contributed by atoms with E-state index < -0.39 is 0 Å². The standard InChI is InChI=1S/C18H25N5O/c1-19-17-5-3-2-4-16(17)18(24)21-10-14-6-8-23(9-7-14)12-15-11-20-13-22-15/h2-5,11,13-14,19H,6-10,12H2,1H3,(H,20,22)(H,21,24). The van der Waals surface area contributed by atoms with E-state index in [-0.39, 0.29) is 5.91 Å². The Balaban J connectivity index is 1.44. The first-order valence-corrected chi connectivity index (χ1v) is 8.51. The van der Waals surface area contributed by atoms with Gasteiger partial charge in [0.1, 0.15) is 0 Å². The Morgan fingerprint density at radius 3 is 2.83 bits per heavy atom. The summed E-state index contributed by atoms with van der Waals surface area (Å²) in [5, 5.41) is 6.16. The minimum Gasteiger partial charge on any atom is -0.387 e. The second-order valence-corrected chi connectivity index (χ2v) is 6.30. The first-order chi connectivity index (χ1) is 11.8. The van der Waals surface area contributed by atoms with Crippen LogP contribution in [0.2, 0.25) is 0 Å². The average Bonchev–Trinajstić information content (AvgIpc) is 3.14. The van der Waals surface area contributed by atoms with Gasteiger partial charge in [-0.2, -0.15) is 0 Å². The lowest BCUT2D eigenvalue weighted by atomic mass is 9.96. The molecule has 0 radical (unpaired) electrons. The van der Waals surface area contributed by atoms with Gasteiger partial charge < -0.3 is 15.6 Å². The largest absolute Gasteiger partial charge is 0.387 e. The van der Waals surface area contributed by atoms with Gasteiger partial charge in [-0.1, -0.05) is 12.1 Å². The summed E-state index contributed by atoms with van der Waals surface area (Å²) < 4.78 is 0. The summed E-state index contributed by atoms with van der Waals surface area (Å²) in [4.78, 5) is 22.0. The zero-order valence-electron chi connectivity index (χ0n) is 14.1. The number of hydrogen-bond acceptors (Lipinski definition) is 4. The molecule has 0 spiro atoms. The predicted molar refractivity (Wildman–Crippen MR) is 94.9 cm³/mol. The number of para-hydroxylation sites is 1. The van der Waals surface area contributed by atoms with Gasteiger partial charge >= 0.3 is 0 Å². The summed E-state index contributed by atoms with van der Waals surface area (Å²) in [6.07, 6.45) is 5.83. The van der Waals surface area contributed by atoms with Crippen LogP contribution in [0.25, 0.3) is 0 Å². The first kappa shape index (κ1) is 16.5. The Kier molecular flexibility index (Phi) is 5.48. The van der Waals surface area contributed by atoms with Crippen molar-refractivity contribution in [1.29, 1.82) is 0 Å². The molecule has 0 unspecified atom stereocenters. The van der Waals surface area contributed by atoms with E-state index in [2.05, 4.69) is 25.5 Å². The number of carbonyl (C=O) groups excluding carboxylic acids is 1. The quantitative estimate of drug-likeness (QED) is 0.760. The van der Waals surface area contributed by atoms with E-state index in [9.17, 15) is 4.79 Å². The van der Waals surface area contributed by atoms with E-state index >= 15 is 0 Å². The van der Waals surface area contributed by atoms with Crippen molar-refractivity contribution in [2.45, 2.75) is 19.4 Å². The smallest absolute Gasteiger partial charge is 0.253 e. The van der Waals surface area contributed by atoms with Gasteiger partial charge in [-0.3, -0.25) is 9.69 Å².